The van der Waals surface area contributed by atoms with Crippen molar-refractivity contribution in [2.24, 2.45) is 0 Å². The number of carbonyl (C=O) groups excluding carboxylic acids is 1. The maximum atomic E-state index is 13.8. The van der Waals surface area contributed by atoms with E-state index in [0.29, 0.717) is 18.0 Å². The molecule has 0 atom stereocenters. The maximum absolute atomic E-state index is 13.8. The quantitative estimate of drug-likeness (QED) is 0.619. The van der Waals surface area contributed by atoms with Gasteiger partial charge in [-0.15, -0.1) is 0 Å². The minimum Gasteiger partial charge on any atom is -0.493 e. The van der Waals surface area contributed by atoms with E-state index in [4.69, 9.17) is 13.9 Å². The van der Waals surface area contributed by atoms with E-state index in [1.165, 1.54) is 19.4 Å². The van der Waals surface area contributed by atoms with Crippen LogP contribution in [-0.2, 0) is 17.8 Å². The molecule has 6 nitrogen and oxygen atoms in total. The van der Waals surface area contributed by atoms with Crippen molar-refractivity contribution in [3.63, 3.8) is 0 Å². The summed E-state index contributed by atoms with van der Waals surface area (Å²) in [7, 11) is 3.09. The van der Waals surface area contributed by atoms with E-state index in [-0.39, 0.29) is 36.0 Å². The third kappa shape index (κ3) is 4.90. The summed E-state index contributed by atoms with van der Waals surface area (Å²) in [6.07, 6.45) is 1.57. The number of halogens is 2. The molecule has 1 amide bonds. The first-order valence-electron chi connectivity index (χ1n) is 8.88. The molecule has 29 heavy (non-hydrogen) atoms. The molecule has 0 radical (unpaired) electrons. The predicted octanol–water partition coefficient (Wildman–Crippen LogP) is 3.89. The highest BCUT2D eigenvalue weighted by atomic mass is 19.1. The van der Waals surface area contributed by atoms with Crippen molar-refractivity contribution in [3.05, 3.63) is 65.7 Å². The van der Waals surface area contributed by atoms with Crippen molar-refractivity contribution in [1.29, 1.82) is 0 Å². The first kappa shape index (κ1) is 20.3. The molecule has 0 aliphatic rings. The lowest BCUT2D eigenvalue weighted by molar-refractivity contribution is -0.121. The molecule has 8 heteroatoms. The number of nitrogens with one attached hydrogen (secondary N) is 1. The minimum atomic E-state index is -0.736. The number of hydrogen-bond donors (Lipinski definition) is 1. The number of aromatic nitrogens is 1. The fourth-order valence-electron chi connectivity index (χ4n) is 2.77. The summed E-state index contributed by atoms with van der Waals surface area (Å²) in [5.41, 5.74) is 0.577. The fraction of sp³-hybridized carbons (Fsp3) is 0.238. The second-order valence-electron chi connectivity index (χ2n) is 6.18. The highest BCUT2D eigenvalue weighted by molar-refractivity contribution is 5.76. The molecule has 0 aliphatic heterocycles. The average molecular weight is 402 g/mol. The second kappa shape index (κ2) is 9.18. The number of carbonyl (C=O) groups is 1. The molecule has 0 unspecified atom stereocenters. The Morgan fingerprint density at radius 3 is 2.52 bits per heavy atom. The van der Waals surface area contributed by atoms with E-state index < -0.39 is 11.6 Å². The molecule has 0 fully saturated rings. The number of nitrogens with zero attached hydrogens (tertiary/aromatic N) is 1. The Morgan fingerprint density at radius 2 is 1.83 bits per heavy atom. The summed E-state index contributed by atoms with van der Waals surface area (Å²) in [5, 5.41) is 2.79. The van der Waals surface area contributed by atoms with E-state index in [0.717, 1.165) is 17.7 Å². The van der Waals surface area contributed by atoms with Crippen LogP contribution in [0.25, 0.3) is 11.3 Å². The topological polar surface area (TPSA) is 73.6 Å². The number of rotatable bonds is 8. The van der Waals surface area contributed by atoms with Gasteiger partial charge in [0.1, 0.15) is 11.6 Å². The highest BCUT2D eigenvalue weighted by Gasteiger charge is 2.16. The molecule has 1 aromatic heterocycles. The lowest BCUT2D eigenvalue weighted by Gasteiger charge is -2.10. The molecule has 0 spiro atoms. The van der Waals surface area contributed by atoms with Gasteiger partial charge in [0.15, 0.2) is 23.1 Å². The lowest BCUT2D eigenvalue weighted by atomic mass is 10.1. The number of methoxy groups -OCH3 is 2. The first-order chi connectivity index (χ1) is 14.0. The van der Waals surface area contributed by atoms with Gasteiger partial charge in [0.05, 0.1) is 26.0 Å². The van der Waals surface area contributed by atoms with Crippen LogP contribution in [0.1, 0.15) is 17.9 Å². The molecule has 0 saturated heterocycles. The zero-order valence-electron chi connectivity index (χ0n) is 16.0. The summed E-state index contributed by atoms with van der Waals surface area (Å²) in [6.45, 7) is 0.316. The fourth-order valence-corrected chi connectivity index (χ4v) is 2.77. The summed E-state index contributed by atoms with van der Waals surface area (Å²) < 4.78 is 43.4. The van der Waals surface area contributed by atoms with Gasteiger partial charge in [-0.05, 0) is 29.8 Å². The van der Waals surface area contributed by atoms with Crippen LogP contribution in [0.15, 0.2) is 47.0 Å². The van der Waals surface area contributed by atoms with Crippen LogP contribution in [0.4, 0.5) is 8.78 Å². The van der Waals surface area contributed by atoms with Gasteiger partial charge in [-0.25, -0.2) is 13.8 Å². The van der Waals surface area contributed by atoms with Crippen molar-refractivity contribution in [2.45, 2.75) is 19.4 Å². The monoisotopic (exact) mass is 402 g/mol. The van der Waals surface area contributed by atoms with E-state index in [2.05, 4.69) is 10.3 Å². The van der Waals surface area contributed by atoms with Crippen molar-refractivity contribution in [1.82, 2.24) is 10.3 Å². The summed E-state index contributed by atoms with van der Waals surface area (Å²) in [4.78, 5) is 16.1. The largest absolute Gasteiger partial charge is 0.493 e. The number of hydrogen-bond acceptors (Lipinski definition) is 5. The third-order valence-electron chi connectivity index (χ3n) is 4.27. The van der Waals surface area contributed by atoms with Crippen LogP contribution in [0.5, 0.6) is 11.5 Å². The molecule has 0 saturated carbocycles. The maximum Gasteiger partial charge on any atom is 0.220 e. The van der Waals surface area contributed by atoms with Gasteiger partial charge < -0.3 is 19.2 Å². The van der Waals surface area contributed by atoms with Crippen molar-refractivity contribution >= 4 is 5.91 Å². The second-order valence-corrected chi connectivity index (χ2v) is 6.18. The molecule has 152 valence electrons. The van der Waals surface area contributed by atoms with Crippen molar-refractivity contribution < 1.29 is 27.5 Å². The minimum absolute atomic E-state index is 0.0127. The van der Waals surface area contributed by atoms with Gasteiger partial charge in [0.2, 0.25) is 5.91 Å². The Hall–Kier alpha value is -3.42. The molecular weight excluding hydrogens is 382 g/mol. The molecule has 1 heterocycles. The van der Waals surface area contributed by atoms with Gasteiger partial charge in [-0.1, -0.05) is 12.1 Å². The number of benzene rings is 2. The molecule has 0 bridgehead atoms. The highest BCUT2D eigenvalue weighted by Crippen LogP contribution is 2.28. The third-order valence-corrected chi connectivity index (χ3v) is 4.27. The van der Waals surface area contributed by atoms with Gasteiger partial charge in [0.25, 0.3) is 0 Å². The van der Waals surface area contributed by atoms with E-state index in [9.17, 15) is 13.6 Å². The Morgan fingerprint density at radius 1 is 1.10 bits per heavy atom. The smallest absolute Gasteiger partial charge is 0.220 e. The molecule has 3 aromatic rings. The molecule has 2 aromatic carbocycles. The predicted molar refractivity (Wildman–Crippen MR) is 102 cm³/mol. The standard InChI is InChI=1S/C21H20F2N2O4/c1-27-16-7-6-13(10-17(16)28-2)11-24-19(26)8-9-20-25-12-18(29-20)21-14(22)4-3-5-15(21)23/h3-7,10,12H,8-9,11H2,1-2H3,(H,24,26). The molecular formula is C21H20F2N2O4. The van der Waals surface area contributed by atoms with Gasteiger partial charge in [-0.3, -0.25) is 4.79 Å². The number of aryl methyl sites for hydroxylation is 1. The molecule has 1 N–H and O–H groups in total. The normalized spacial score (nSPS) is 10.6. The van der Waals surface area contributed by atoms with Crippen LogP contribution in [0.3, 0.4) is 0 Å². The number of oxazole rings is 1. The Bertz CT molecular complexity index is 984. The Kier molecular flexibility index (Phi) is 6.43. The first-order valence-corrected chi connectivity index (χ1v) is 8.88. The van der Waals surface area contributed by atoms with Crippen LogP contribution in [-0.4, -0.2) is 25.1 Å². The van der Waals surface area contributed by atoms with Gasteiger partial charge in [-0.2, -0.15) is 0 Å². The summed E-state index contributed by atoms with van der Waals surface area (Å²) >= 11 is 0. The number of ether oxygens (including phenoxy) is 2. The zero-order valence-corrected chi connectivity index (χ0v) is 16.0. The molecule has 0 aliphatic carbocycles. The SMILES string of the molecule is COc1ccc(CNC(=O)CCc2ncc(-c3c(F)cccc3F)o2)cc1OC. The Balaban J connectivity index is 1.55. The van der Waals surface area contributed by atoms with E-state index in [1.807, 2.05) is 6.07 Å². The lowest BCUT2D eigenvalue weighted by Crippen LogP contribution is -2.23. The van der Waals surface area contributed by atoms with Crippen LogP contribution >= 0.6 is 0 Å². The zero-order chi connectivity index (χ0) is 20.8. The van der Waals surface area contributed by atoms with E-state index >= 15 is 0 Å². The Labute approximate surface area is 166 Å². The number of amides is 1. The van der Waals surface area contributed by atoms with Gasteiger partial charge in [0, 0.05) is 19.4 Å². The average Bonchev–Trinajstić information content (AvgIpc) is 3.18. The van der Waals surface area contributed by atoms with Gasteiger partial charge >= 0.3 is 0 Å². The van der Waals surface area contributed by atoms with Crippen molar-refractivity contribution in [2.75, 3.05) is 14.2 Å². The summed E-state index contributed by atoms with van der Waals surface area (Å²) in [6, 6.07) is 8.92. The van der Waals surface area contributed by atoms with Crippen LogP contribution < -0.4 is 14.8 Å². The molecule has 3 rings (SSSR count). The van der Waals surface area contributed by atoms with Crippen LogP contribution in [0.2, 0.25) is 0 Å². The van der Waals surface area contributed by atoms with Crippen molar-refractivity contribution in [3.8, 4) is 22.8 Å². The van der Waals surface area contributed by atoms with E-state index in [1.54, 1.807) is 19.2 Å². The van der Waals surface area contributed by atoms with Crippen LogP contribution in [0, 0.1) is 11.6 Å². The summed E-state index contributed by atoms with van der Waals surface area (Å²) in [5.74, 6) is -0.289.